The summed E-state index contributed by atoms with van der Waals surface area (Å²) >= 11 is 0. The van der Waals surface area contributed by atoms with Crippen LogP contribution in [0.25, 0.3) is 0 Å². The van der Waals surface area contributed by atoms with Gasteiger partial charge in [-0.05, 0) is 23.8 Å². The monoisotopic (exact) mass is 451 g/mol. The van der Waals surface area contributed by atoms with Crippen molar-refractivity contribution in [3.63, 3.8) is 0 Å². The summed E-state index contributed by atoms with van der Waals surface area (Å²) in [6.07, 6.45) is 0.913. The molecule has 1 fully saturated rings. The number of carbonyl (C=O) groups is 1. The Bertz CT molecular complexity index is 1070. The van der Waals surface area contributed by atoms with E-state index in [0.717, 1.165) is 30.0 Å². The third-order valence-corrected chi connectivity index (χ3v) is 6.08. The standard InChI is InChI=1S/C20H22FN3O6S/c1-31(28,29)18-11-15(10-17(12-18)24(26)27)20(25)22-13-19(23-6-8-30-9-7-23)14-2-4-16(21)5-3-14/h2-5,10-12,19H,6-9,13H2,1H3,(H,22,25). The first-order chi connectivity index (χ1) is 14.6. The third kappa shape index (κ3) is 5.84. The van der Waals surface area contributed by atoms with Crippen molar-refractivity contribution in [2.75, 3.05) is 39.1 Å². The summed E-state index contributed by atoms with van der Waals surface area (Å²) in [4.78, 5) is 24.9. The van der Waals surface area contributed by atoms with Crippen LogP contribution in [0.4, 0.5) is 10.1 Å². The first-order valence-corrected chi connectivity index (χ1v) is 11.4. The number of rotatable bonds is 7. The number of sulfone groups is 1. The molecule has 1 N–H and O–H groups in total. The van der Waals surface area contributed by atoms with Gasteiger partial charge in [0.05, 0.1) is 29.1 Å². The lowest BCUT2D eigenvalue weighted by Crippen LogP contribution is -2.43. The highest BCUT2D eigenvalue weighted by Crippen LogP contribution is 2.23. The van der Waals surface area contributed by atoms with Crippen molar-refractivity contribution in [1.29, 1.82) is 0 Å². The number of nitrogens with one attached hydrogen (secondary N) is 1. The van der Waals surface area contributed by atoms with Gasteiger partial charge in [-0.2, -0.15) is 0 Å². The number of carbonyl (C=O) groups excluding carboxylic acids is 1. The molecular formula is C20H22FN3O6S. The fraction of sp³-hybridized carbons (Fsp3) is 0.350. The maximum atomic E-state index is 13.4. The molecular weight excluding hydrogens is 429 g/mol. The zero-order chi connectivity index (χ0) is 22.6. The predicted octanol–water partition coefficient (Wildman–Crippen LogP) is 1.94. The van der Waals surface area contributed by atoms with Crippen molar-refractivity contribution in [2.45, 2.75) is 10.9 Å². The third-order valence-electron chi connectivity index (χ3n) is 4.99. The van der Waals surface area contributed by atoms with Crippen LogP contribution in [0, 0.1) is 15.9 Å². The van der Waals surface area contributed by atoms with E-state index in [4.69, 9.17) is 4.74 Å². The summed E-state index contributed by atoms with van der Waals surface area (Å²) in [5, 5.41) is 13.9. The largest absolute Gasteiger partial charge is 0.379 e. The van der Waals surface area contributed by atoms with Gasteiger partial charge in [0, 0.05) is 43.6 Å². The maximum Gasteiger partial charge on any atom is 0.271 e. The summed E-state index contributed by atoms with van der Waals surface area (Å²) in [7, 11) is -3.75. The van der Waals surface area contributed by atoms with Gasteiger partial charge < -0.3 is 10.1 Å². The Hall–Kier alpha value is -2.89. The number of nitrogens with zero attached hydrogens (tertiary/aromatic N) is 2. The summed E-state index contributed by atoms with van der Waals surface area (Å²) in [6, 6.07) is 8.73. The molecule has 3 rings (SSSR count). The molecule has 0 spiro atoms. The Labute approximate surface area is 178 Å². The van der Waals surface area contributed by atoms with E-state index < -0.39 is 26.4 Å². The van der Waals surface area contributed by atoms with E-state index in [1.807, 2.05) is 0 Å². The Morgan fingerprint density at radius 3 is 2.45 bits per heavy atom. The highest BCUT2D eigenvalue weighted by molar-refractivity contribution is 7.90. The molecule has 0 bridgehead atoms. The number of benzene rings is 2. The van der Waals surface area contributed by atoms with E-state index in [0.29, 0.717) is 26.3 Å². The fourth-order valence-corrected chi connectivity index (χ4v) is 4.03. The van der Waals surface area contributed by atoms with Crippen LogP contribution in [-0.4, -0.2) is 63.3 Å². The molecule has 0 saturated carbocycles. The Kier molecular flexibility index (Phi) is 6.98. The molecule has 2 aromatic rings. The zero-order valence-electron chi connectivity index (χ0n) is 16.8. The molecule has 0 aliphatic carbocycles. The number of hydrogen-bond acceptors (Lipinski definition) is 7. The van der Waals surface area contributed by atoms with Gasteiger partial charge in [0.15, 0.2) is 9.84 Å². The van der Waals surface area contributed by atoms with Crippen LogP contribution >= 0.6 is 0 Å². The van der Waals surface area contributed by atoms with Gasteiger partial charge in [-0.3, -0.25) is 19.8 Å². The molecule has 1 saturated heterocycles. The smallest absolute Gasteiger partial charge is 0.271 e. The normalized spacial score (nSPS) is 15.9. The van der Waals surface area contributed by atoms with Crippen LogP contribution in [-0.2, 0) is 14.6 Å². The van der Waals surface area contributed by atoms with Crippen LogP contribution in [0.2, 0.25) is 0 Å². The molecule has 31 heavy (non-hydrogen) atoms. The van der Waals surface area contributed by atoms with E-state index in [9.17, 15) is 27.7 Å². The van der Waals surface area contributed by atoms with Crippen LogP contribution < -0.4 is 5.32 Å². The van der Waals surface area contributed by atoms with Gasteiger partial charge in [-0.15, -0.1) is 0 Å². The van der Waals surface area contributed by atoms with Gasteiger partial charge in [0.2, 0.25) is 0 Å². The summed E-state index contributed by atoms with van der Waals surface area (Å²) in [5.74, 6) is -1.02. The molecule has 1 unspecified atom stereocenters. The van der Waals surface area contributed by atoms with E-state index in [1.165, 1.54) is 12.1 Å². The molecule has 1 aliphatic heterocycles. The first-order valence-electron chi connectivity index (χ1n) is 9.50. The van der Waals surface area contributed by atoms with Crippen molar-refractivity contribution >= 4 is 21.4 Å². The molecule has 1 heterocycles. The molecule has 2 aromatic carbocycles. The Balaban J connectivity index is 1.84. The van der Waals surface area contributed by atoms with E-state index >= 15 is 0 Å². The highest BCUT2D eigenvalue weighted by atomic mass is 32.2. The van der Waals surface area contributed by atoms with Gasteiger partial charge in [0.1, 0.15) is 5.82 Å². The van der Waals surface area contributed by atoms with Gasteiger partial charge >= 0.3 is 0 Å². The molecule has 1 aliphatic rings. The molecule has 1 amide bonds. The van der Waals surface area contributed by atoms with Crippen molar-refractivity contribution in [3.05, 3.63) is 69.5 Å². The number of nitro groups is 1. The lowest BCUT2D eigenvalue weighted by atomic mass is 10.0. The van der Waals surface area contributed by atoms with Gasteiger partial charge in [-0.25, -0.2) is 12.8 Å². The average molecular weight is 451 g/mol. The molecule has 9 nitrogen and oxygen atoms in total. The molecule has 166 valence electrons. The van der Waals surface area contributed by atoms with Crippen molar-refractivity contribution in [1.82, 2.24) is 10.2 Å². The predicted molar refractivity (Wildman–Crippen MR) is 110 cm³/mol. The minimum Gasteiger partial charge on any atom is -0.379 e. The number of halogens is 1. The summed E-state index contributed by atoms with van der Waals surface area (Å²) in [6.45, 7) is 2.42. The number of ether oxygens (including phenoxy) is 1. The van der Waals surface area contributed by atoms with Crippen LogP contribution in [0.1, 0.15) is 22.0 Å². The number of hydrogen-bond donors (Lipinski definition) is 1. The van der Waals surface area contributed by atoms with Crippen molar-refractivity contribution < 1.29 is 27.3 Å². The van der Waals surface area contributed by atoms with E-state index in [2.05, 4.69) is 10.2 Å². The molecule has 1 atom stereocenters. The van der Waals surface area contributed by atoms with Crippen LogP contribution in [0.15, 0.2) is 47.4 Å². The van der Waals surface area contributed by atoms with Crippen molar-refractivity contribution in [2.24, 2.45) is 0 Å². The Morgan fingerprint density at radius 1 is 1.23 bits per heavy atom. The Morgan fingerprint density at radius 2 is 1.87 bits per heavy atom. The van der Waals surface area contributed by atoms with Gasteiger partial charge in [0.25, 0.3) is 11.6 Å². The highest BCUT2D eigenvalue weighted by Gasteiger charge is 2.24. The second-order valence-electron chi connectivity index (χ2n) is 7.17. The maximum absolute atomic E-state index is 13.4. The zero-order valence-corrected chi connectivity index (χ0v) is 17.6. The first kappa shape index (κ1) is 22.8. The molecule has 11 heteroatoms. The minimum atomic E-state index is -3.75. The number of non-ortho nitro benzene ring substituents is 1. The number of morpholine rings is 1. The van der Waals surface area contributed by atoms with Crippen LogP contribution in [0.3, 0.4) is 0 Å². The second kappa shape index (κ2) is 9.50. The molecule has 0 aromatic heterocycles. The second-order valence-corrected chi connectivity index (χ2v) is 9.19. The summed E-state index contributed by atoms with van der Waals surface area (Å²) < 4.78 is 42.5. The SMILES string of the molecule is CS(=O)(=O)c1cc(C(=O)NCC(c2ccc(F)cc2)N2CCOCC2)cc([N+](=O)[O-])c1. The van der Waals surface area contributed by atoms with Gasteiger partial charge in [-0.1, -0.05) is 12.1 Å². The van der Waals surface area contributed by atoms with Crippen LogP contribution in [0.5, 0.6) is 0 Å². The lowest BCUT2D eigenvalue weighted by molar-refractivity contribution is -0.385. The fourth-order valence-electron chi connectivity index (χ4n) is 3.36. The number of nitro benzene ring substituents is 1. The topological polar surface area (TPSA) is 119 Å². The van der Waals surface area contributed by atoms with E-state index in [1.54, 1.807) is 12.1 Å². The summed E-state index contributed by atoms with van der Waals surface area (Å²) in [5.41, 5.74) is 0.172. The quantitative estimate of drug-likeness (QED) is 0.505. The minimum absolute atomic E-state index is 0.130. The average Bonchev–Trinajstić information content (AvgIpc) is 2.74. The van der Waals surface area contributed by atoms with Crippen molar-refractivity contribution in [3.8, 4) is 0 Å². The molecule has 0 radical (unpaired) electrons. The van der Waals surface area contributed by atoms with E-state index in [-0.39, 0.29) is 28.9 Å². The number of amides is 1. The lowest BCUT2D eigenvalue weighted by Gasteiger charge is -2.35.